The molecule has 2 nitrogen and oxygen atoms in total. The number of esters is 1. The molecule has 1 saturated heterocycles. The van der Waals surface area contributed by atoms with Gasteiger partial charge < -0.3 is 4.74 Å². The molecule has 0 N–H and O–H groups in total. The van der Waals surface area contributed by atoms with Crippen LogP contribution in [0.25, 0.3) is 0 Å². The highest BCUT2D eigenvalue weighted by atomic mass is 16.6. The summed E-state index contributed by atoms with van der Waals surface area (Å²) >= 11 is 0. The Balaban J connectivity index is 2.04. The van der Waals surface area contributed by atoms with Crippen LogP contribution in [-0.2, 0) is 9.53 Å². The molecule has 0 spiro atoms. The SMILES string of the molecule is CCC[C@@H]1OC(=O)[C@@H]2CCCC[C@H]12. The molecule has 1 aliphatic heterocycles. The van der Waals surface area contributed by atoms with E-state index in [2.05, 4.69) is 6.92 Å². The maximum absolute atomic E-state index is 11.5. The van der Waals surface area contributed by atoms with Gasteiger partial charge in [0.05, 0.1) is 5.92 Å². The maximum atomic E-state index is 11.5. The third-order valence-corrected chi connectivity index (χ3v) is 3.44. The van der Waals surface area contributed by atoms with E-state index >= 15 is 0 Å². The van der Waals surface area contributed by atoms with Crippen molar-refractivity contribution < 1.29 is 9.53 Å². The lowest BCUT2D eigenvalue weighted by molar-refractivity contribution is -0.144. The van der Waals surface area contributed by atoms with Gasteiger partial charge in [-0.25, -0.2) is 0 Å². The zero-order valence-electron chi connectivity index (χ0n) is 8.29. The average Bonchev–Trinajstić information content (AvgIpc) is 2.46. The van der Waals surface area contributed by atoms with Gasteiger partial charge in [0.2, 0.25) is 0 Å². The van der Waals surface area contributed by atoms with Crippen molar-refractivity contribution in [3.63, 3.8) is 0 Å². The Bertz CT molecular complexity index is 200. The zero-order valence-corrected chi connectivity index (χ0v) is 8.29. The zero-order chi connectivity index (χ0) is 9.26. The summed E-state index contributed by atoms with van der Waals surface area (Å²) in [6, 6.07) is 0. The first-order valence-electron chi connectivity index (χ1n) is 5.53. The summed E-state index contributed by atoms with van der Waals surface area (Å²) in [5, 5.41) is 0. The van der Waals surface area contributed by atoms with Gasteiger partial charge in [-0.15, -0.1) is 0 Å². The number of carbonyl (C=O) groups is 1. The highest BCUT2D eigenvalue weighted by Crippen LogP contribution is 2.40. The van der Waals surface area contributed by atoms with Crippen molar-refractivity contribution in [2.75, 3.05) is 0 Å². The molecular weight excluding hydrogens is 164 g/mol. The first kappa shape index (κ1) is 9.04. The number of ether oxygens (including phenoxy) is 1. The Morgan fingerprint density at radius 1 is 1.38 bits per heavy atom. The Morgan fingerprint density at radius 3 is 2.92 bits per heavy atom. The fourth-order valence-electron chi connectivity index (χ4n) is 2.78. The molecule has 2 rings (SSSR count). The van der Waals surface area contributed by atoms with Crippen molar-refractivity contribution in [3.8, 4) is 0 Å². The fourth-order valence-corrected chi connectivity index (χ4v) is 2.78. The molecule has 0 unspecified atom stereocenters. The van der Waals surface area contributed by atoms with Crippen molar-refractivity contribution in [2.24, 2.45) is 11.8 Å². The fraction of sp³-hybridized carbons (Fsp3) is 0.909. The molecule has 0 amide bonds. The molecule has 3 atom stereocenters. The lowest BCUT2D eigenvalue weighted by atomic mass is 9.77. The van der Waals surface area contributed by atoms with E-state index in [9.17, 15) is 4.79 Å². The van der Waals surface area contributed by atoms with E-state index in [4.69, 9.17) is 4.74 Å². The van der Waals surface area contributed by atoms with E-state index in [1.165, 1.54) is 19.3 Å². The molecule has 74 valence electrons. The molecule has 2 fully saturated rings. The van der Waals surface area contributed by atoms with Crippen LogP contribution in [0.15, 0.2) is 0 Å². The van der Waals surface area contributed by atoms with Gasteiger partial charge in [-0.2, -0.15) is 0 Å². The molecule has 2 aliphatic rings. The minimum absolute atomic E-state index is 0.0863. The van der Waals surface area contributed by atoms with Crippen LogP contribution in [0.2, 0.25) is 0 Å². The molecule has 0 aromatic heterocycles. The van der Waals surface area contributed by atoms with E-state index < -0.39 is 0 Å². The smallest absolute Gasteiger partial charge is 0.309 e. The van der Waals surface area contributed by atoms with E-state index in [-0.39, 0.29) is 18.0 Å². The van der Waals surface area contributed by atoms with Crippen LogP contribution in [0.3, 0.4) is 0 Å². The monoisotopic (exact) mass is 182 g/mol. The molecule has 1 heterocycles. The van der Waals surface area contributed by atoms with Crippen molar-refractivity contribution in [1.29, 1.82) is 0 Å². The van der Waals surface area contributed by atoms with Gasteiger partial charge in [-0.3, -0.25) is 4.79 Å². The summed E-state index contributed by atoms with van der Waals surface area (Å²) in [5.74, 6) is 0.898. The highest BCUT2D eigenvalue weighted by Gasteiger charge is 2.44. The van der Waals surface area contributed by atoms with Crippen LogP contribution in [0.4, 0.5) is 0 Å². The van der Waals surface area contributed by atoms with E-state index in [1.807, 2.05) is 0 Å². The van der Waals surface area contributed by atoms with Gasteiger partial charge in [-0.05, 0) is 19.3 Å². The predicted molar refractivity (Wildman–Crippen MR) is 50.2 cm³/mol. The van der Waals surface area contributed by atoms with E-state index in [0.29, 0.717) is 5.92 Å². The second-order valence-corrected chi connectivity index (χ2v) is 4.32. The Morgan fingerprint density at radius 2 is 2.15 bits per heavy atom. The van der Waals surface area contributed by atoms with E-state index in [0.717, 1.165) is 19.3 Å². The average molecular weight is 182 g/mol. The highest BCUT2D eigenvalue weighted by molar-refractivity contribution is 5.75. The Hall–Kier alpha value is -0.530. The van der Waals surface area contributed by atoms with Gasteiger partial charge >= 0.3 is 5.97 Å². The van der Waals surface area contributed by atoms with E-state index in [1.54, 1.807) is 0 Å². The van der Waals surface area contributed by atoms with Gasteiger partial charge in [0.15, 0.2) is 0 Å². The summed E-state index contributed by atoms with van der Waals surface area (Å²) < 4.78 is 5.41. The van der Waals surface area contributed by atoms with Crippen LogP contribution < -0.4 is 0 Å². The van der Waals surface area contributed by atoms with Crippen LogP contribution in [0, 0.1) is 11.8 Å². The number of cyclic esters (lactones) is 1. The van der Waals surface area contributed by atoms with Gasteiger partial charge in [-0.1, -0.05) is 26.2 Å². The lowest BCUT2D eigenvalue weighted by Gasteiger charge is -2.24. The first-order valence-corrected chi connectivity index (χ1v) is 5.53. The Kier molecular flexibility index (Phi) is 2.56. The number of fused-ring (bicyclic) bond motifs is 1. The van der Waals surface area contributed by atoms with Crippen LogP contribution >= 0.6 is 0 Å². The van der Waals surface area contributed by atoms with Crippen LogP contribution in [0.5, 0.6) is 0 Å². The molecule has 0 aromatic rings. The number of carbonyl (C=O) groups excluding carboxylic acids is 1. The maximum Gasteiger partial charge on any atom is 0.309 e. The second kappa shape index (κ2) is 3.69. The molecule has 0 radical (unpaired) electrons. The summed E-state index contributed by atoms with van der Waals surface area (Å²) in [4.78, 5) is 11.5. The van der Waals surface area contributed by atoms with Crippen molar-refractivity contribution in [2.45, 2.75) is 51.6 Å². The lowest BCUT2D eigenvalue weighted by Crippen LogP contribution is -2.24. The summed E-state index contributed by atoms with van der Waals surface area (Å²) in [5.41, 5.74) is 0. The summed E-state index contributed by atoms with van der Waals surface area (Å²) in [6.45, 7) is 2.16. The molecule has 2 heteroatoms. The number of rotatable bonds is 2. The first-order chi connectivity index (χ1) is 6.33. The van der Waals surface area contributed by atoms with Crippen molar-refractivity contribution in [3.05, 3.63) is 0 Å². The summed E-state index contributed by atoms with van der Waals surface area (Å²) in [7, 11) is 0. The summed E-state index contributed by atoms with van der Waals surface area (Å²) in [6.07, 6.45) is 7.23. The molecule has 1 aliphatic carbocycles. The van der Waals surface area contributed by atoms with Crippen molar-refractivity contribution in [1.82, 2.24) is 0 Å². The minimum Gasteiger partial charge on any atom is -0.462 e. The standard InChI is InChI=1S/C11H18O2/c1-2-5-10-8-6-3-4-7-9(8)11(12)13-10/h8-10H,2-7H2,1H3/t8-,9+,10-/m0/s1. The van der Waals surface area contributed by atoms with Gasteiger partial charge in [0, 0.05) is 5.92 Å². The molecule has 0 aromatic carbocycles. The number of hydrogen-bond donors (Lipinski definition) is 0. The molecule has 0 bridgehead atoms. The van der Waals surface area contributed by atoms with Crippen LogP contribution in [-0.4, -0.2) is 12.1 Å². The van der Waals surface area contributed by atoms with Gasteiger partial charge in [0.25, 0.3) is 0 Å². The Labute approximate surface area is 79.7 Å². The topological polar surface area (TPSA) is 26.3 Å². The molecular formula is C11H18O2. The van der Waals surface area contributed by atoms with Crippen LogP contribution in [0.1, 0.15) is 45.4 Å². The molecule has 13 heavy (non-hydrogen) atoms. The molecule has 1 saturated carbocycles. The third-order valence-electron chi connectivity index (χ3n) is 3.44. The minimum atomic E-state index is 0.0863. The number of hydrogen-bond acceptors (Lipinski definition) is 2. The predicted octanol–water partition coefficient (Wildman–Crippen LogP) is 2.52. The second-order valence-electron chi connectivity index (χ2n) is 4.32. The van der Waals surface area contributed by atoms with Crippen molar-refractivity contribution >= 4 is 5.97 Å². The third kappa shape index (κ3) is 1.59. The normalized spacial score (nSPS) is 38.5. The van der Waals surface area contributed by atoms with Gasteiger partial charge in [0.1, 0.15) is 6.10 Å². The largest absolute Gasteiger partial charge is 0.462 e. The quantitative estimate of drug-likeness (QED) is 0.613.